The highest BCUT2D eigenvalue weighted by molar-refractivity contribution is 6.33. The van der Waals surface area contributed by atoms with Gasteiger partial charge < -0.3 is 23.8 Å². The molecule has 1 aromatic carbocycles. The number of benzene rings is 1. The third-order valence-electron chi connectivity index (χ3n) is 8.57. The molecule has 0 aliphatic carbocycles. The fourth-order valence-corrected chi connectivity index (χ4v) is 6.76. The molecule has 4 aliphatic rings. The van der Waals surface area contributed by atoms with Crippen molar-refractivity contribution >= 4 is 45.4 Å². The van der Waals surface area contributed by atoms with Gasteiger partial charge in [-0.2, -0.15) is 15.1 Å². The molecule has 0 saturated carbocycles. The van der Waals surface area contributed by atoms with E-state index in [0.717, 1.165) is 13.0 Å². The molecule has 44 heavy (non-hydrogen) atoms. The first-order chi connectivity index (χ1) is 21.4. The van der Waals surface area contributed by atoms with Crippen LogP contribution in [0.4, 0.5) is 15.0 Å². The lowest BCUT2D eigenvalue weighted by atomic mass is 9.95. The molecule has 4 aromatic rings. The molecule has 2 fully saturated rings. The van der Waals surface area contributed by atoms with Crippen molar-refractivity contribution in [3.05, 3.63) is 34.9 Å². The molecule has 2 saturated heterocycles. The Morgan fingerprint density at radius 3 is 2.93 bits per heavy atom. The van der Waals surface area contributed by atoms with E-state index in [9.17, 15) is 4.79 Å². The van der Waals surface area contributed by atoms with Gasteiger partial charge in [-0.1, -0.05) is 18.5 Å². The summed E-state index contributed by atoms with van der Waals surface area (Å²) in [5.41, 5.74) is 1.96. The van der Waals surface area contributed by atoms with Crippen LogP contribution in [-0.4, -0.2) is 101 Å². The Labute approximate surface area is 257 Å². The maximum absolute atomic E-state index is 16.9. The molecule has 3 atom stereocenters. The lowest BCUT2D eigenvalue weighted by molar-refractivity contribution is -0.00448. The number of H-pyrrole nitrogens is 1. The number of carbonyl (C=O) groups excluding carboxylic acids is 1. The van der Waals surface area contributed by atoms with Gasteiger partial charge in [-0.05, 0) is 43.9 Å². The molecule has 8 rings (SSSR count). The number of ether oxygens (including phenoxy) is 4. The van der Waals surface area contributed by atoms with E-state index in [1.165, 1.54) is 0 Å². The summed E-state index contributed by atoms with van der Waals surface area (Å²) in [6.07, 6.45) is 3.58. The number of nitrogens with one attached hydrogen (secondary N) is 1. The number of anilines is 1. The summed E-state index contributed by atoms with van der Waals surface area (Å²) in [5, 5.41) is 8.56. The Kier molecular flexibility index (Phi) is 7.85. The zero-order chi connectivity index (χ0) is 30.4. The number of likely N-dealkylation sites (tertiary alicyclic amines) is 1. The Bertz CT molecular complexity index is 1720. The summed E-state index contributed by atoms with van der Waals surface area (Å²) in [4.78, 5) is 30.8. The molecule has 0 unspecified atom stereocenters. The number of hydrogen-bond donors (Lipinski definition) is 1. The number of hydrogen-bond acceptors (Lipinski definition) is 11. The number of aromatic nitrogens is 5. The van der Waals surface area contributed by atoms with E-state index in [2.05, 4.69) is 39.0 Å². The second kappa shape index (κ2) is 11.9. The Balaban J connectivity index is 1.40. The molecular weight excluding hydrogens is 593 g/mol. The van der Waals surface area contributed by atoms with Gasteiger partial charge in [0, 0.05) is 41.3 Å². The number of rotatable bonds is 3. The molecule has 1 N–H and O–H groups in total. The van der Waals surface area contributed by atoms with Crippen LogP contribution in [0.3, 0.4) is 0 Å². The average molecular weight is 626 g/mol. The first-order valence-corrected chi connectivity index (χ1v) is 15.2. The summed E-state index contributed by atoms with van der Waals surface area (Å²) in [6.45, 7) is 4.83. The predicted octanol–water partition coefficient (Wildman–Crippen LogP) is 4.38. The maximum Gasteiger partial charge on any atom is 0.508 e. The third kappa shape index (κ3) is 5.48. The number of fused-ring (bicyclic) bond motifs is 7. The van der Waals surface area contributed by atoms with Crippen LogP contribution in [0.25, 0.3) is 33.1 Å². The summed E-state index contributed by atoms with van der Waals surface area (Å²) in [6, 6.07) is 1.99. The van der Waals surface area contributed by atoms with E-state index in [1.807, 2.05) is 4.90 Å². The van der Waals surface area contributed by atoms with Gasteiger partial charge in [0.05, 0.1) is 43.5 Å². The van der Waals surface area contributed by atoms with Crippen LogP contribution in [0.1, 0.15) is 25.3 Å². The number of nitrogens with zero attached hydrogens (tertiary/aromatic N) is 6. The fraction of sp³-hybridized carbons (Fsp3) is 0.500. The molecule has 12 nitrogen and oxygen atoms in total. The first-order valence-electron chi connectivity index (χ1n) is 14.9. The minimum absolute atomic E-state index is 0.0550. The second-order valence-electron chi connectivity index (χ2n) is 11.8. The predicted molar refractivity (Wildman–Crippen MR) is 161 cm³/mol. The second-order valence-corrected chi connectivity index (χ2v) is 12.2. The van der Waals surface area contributed by atoms with Gasteiger partial charge >= 0.3 is 12.2 Å². The third-order valence-corrected chi connectivity index (χ3v) is 8.91. The van der Waals surface area contributed by atoms with E-state index >= 15 is 4.39 Å². The van der Waals surface area contributed by atoms with Gasteiger partial charge in [-0.3, -0.25) is 15.0 Å². The molecule has 0 spiro atoms. The van der Waals surface area contributed by atoms with Gasteiger partial charge in [0.2, 0.25) is 0 Å². The number of likely N-dealkylation sites (N-methyl/N-ethyl adjacent to an activating group) is 1. The molecule has 0 amide bonds. The van der Waals surface area contributed by atoms with Crippen LogP contribution in [-0.2, 0) is 20.6 Å². The molecule has 3 aromatic heterocycles. The van der Waals surface area contributed by atoms with Crippen molar-refractivity contribution in [2.45, 2.75) is 38.3 Å². The lowest BCUT2D eigenvalue weighted by Gasteiger charge is -2.26. The zero-order valence-electron chi connectivity index (χ0n) is 24.5. The van der Waals surface area contributed by atoms with Gasteiger partial charge in [0.15, 0.2) is 5.82 Å². The normalized spacial score (nSPS) is 23.1. The fourth-order valence-electron chi connectivity index (χ4n) is 6.46. The maximum atomic E-state index is 16.9. The van der Waals surface area contributed by atoms with Crippen molar-refractivity contribution in [1.82, 2.24) is 30.0 Å². The zero-order valence-corrected chi connectivity index (χ0v) is 25.3. The van der Waals surface area contributed by atoms with E-state index in [-0.39, 0.29) is 43.0 Å². The van der Waals surface area contributed by atoms with Crippen molar-refractivity contribution in [3.63, 3.8) is 0 Å². The van der Waals surface area contributed by atoms with E-state index in [4.69, 9.17) is 35.5 Å². The Morgan fingerprint density at radius 1 is 1.20 bits per heavy atom. The Hall–Kier alpha value is -3.81. The molecule has 232 valence electrons. The molecular formula is C30H33ClFN7O5. The van der Waals surface area contributed by atoms with E-state index in [0.29, 0.717) is 76.8 Å². The number of pyridine rings is 1. The lowest BCUT2D eigenvalue weighted by Crippen LogP contribution is -2.36. The van der Waals surface area contributed by atoms with Crippen molar-refractivity contribution < 1.29 is 28.1 Å². The highest BCUT2D eigenvalue weighted by atomic mass is 35.5. The largest absolute Gasteiger partial charge is 0.508 e. The number of halogens is 2. The smallest absolute Gasteiger partial charge is 0.462 e. The van der Waals surface area contributed by atoms with Gasteiger partial charge in [0.1, 0.15) is 29.7 Å². The van der Waals surface area contributed by atoms with Crippen LogP contribution in [0.15, 0.2) is 18.5 Å². The van der Waals surface area contributed by atoms with Crippen LogP contribution in [0.2, 0.25) is 5.02 Å². The minimum atomic E-state index is -0.785. The highest BCUT2D eigenvalue weighted by Gasteiger charge is 2.30. The summed E-state index contributed by atoms with van der Waals surface area (Å²) in [7, 11) is 2.07. The van der Waals surface area contributed by atoms with Crippen LogP contribution >= 0.6 is 11.6 Å². The van der Waals surface area contributed by atoms with Crippen molar-refractivity contribution in [3.8, 4) is 17.3 Å². The van der Waals surface area contributed by atoms with Gasteiger partial charge in [-0.15, -0.1) is 0 Å². The van der Waals surface area contributed by atoms with Crippen LogP contribution in [0, 0.1) is 11.7 Å². The monoisotopic (exact) mass is 625 g/mol. The minimum Gasteiger partial charge on any atom is -0.462 e. The topological polar surface area (TPSA) is 128 Å². The number of carbonyl (C=O) groups is 1. The Morgan fingerprint density at radius 2 is 2.09 bits per heavy atom. The first kappa shape index (κ1) is 28.9. The molecule has 0 radical (unpaired) electrons. The number of aromatic amines is 1. The molecule has 6 bridgehead atoms. The SMILES string of the molecule is C[C@H]1C[C@@H](COc2nc3c4cnc(c(F)c4n2)-c2c(c(Cl)cc4[nH]ncc24)CCCOC(=O)O[C@@H]2COCCN3C2)N(C)C1. The molecule has 7 heterocycles. The average Bonchev–Trinajstić information content (AvgIpc) is 3.51. The highest BCUT2D eigenvalue weighted by Crippen LogP contribution is 2.40. The van der Waals surface area contributed by atoms with Crippen molar-refractivity contribution in [2.24, 2.45) is 5.92 Å². The molecule has 14 heteroatoms. The van der Waals surface area contributed by atoms with E-state index < -0.39 is 18.1 Å². The van der Waals surface area contributed by atoms with Crippen molar-refractivity contribution in [2.75, 3.05) is 58.0 Å². The van der Waals surface area contributed by atoms with Crippen molar-refractivity contribution in [1.29, 1.82) is 0 Å². The summed E-state index contributed by atoms with van der Waals surface area (Å²) in [5.74, 6) is 0.341. The van der Waals surface area contributed by atoms with Gasteiger partial charge in [0.25, 0.3) is 0 Å². The summed E-state index contributed by atoms with van der Waals surface area (Å²) >= 11 is 6.74. The van der Waals surface area contributed by atoms with Crippen LogP contribution < -0.4 is 9.64 Å². The quantitative estimate of drug-likeness (QED) is 0.326. The van der Waals surface area contributed by atoms with E-state index in [1.54, 1.807) is 18.5 Å². The van der Waals surface area contributed by atoms with Gasteiger partial charge in [-0.25, -0.2) is 9.18 Å². The standard InChI is InChI=1S/C30H33ClFN7O5/c1-16-8-17(38(2)12-16)14-43-29-35-26-21-10-33-27(25(26)32)24-19(22(31)9-23-20(24)11-34-37-23)4-3-6-42-30(40)44-18-13-39(28(21)36-29)5-7-41-15-18/h9-11,16-18H,3-8,12-15H2,1-2H3,(H,34,37)/t16-,17-,18-/m0/s1. The summed E-state index contributed by atoms with van der Waals surface area (Å²) < 4.78 is 39.8. The van der Waals surface area contributed by atoms with Crippen LogP contribution in [0.5, 0.6) is 6.01 Å². The molecule has 4 aliphatic heterocycles.